The average molecular weight is 324 g/mol. The van der Waals surface area contributed by atoms with Crippen LogP contribution in [0.4, 0.5) is 0 Å². The number of ether oxygens (including phenoxy) is 1. The van der Waals surface area contributed by atoms with Gasteiger partial charge in [0.1, 0.15) is 11.5 Å². The predicted octanol–water partition coefficient (Wildman–Crippen LogP) is 5.86. The highest BCUT2D eigenvalue weighted by atomic mass is 16.5. The summed E-state index contributed by atoms with van der Waals surface area (Å²) < 4.78 is 5.92. The Morgan fingerprint density at radius 3 is 1.92 bits per heavy atom. The number of hydrogen-bond donors (Lipinski definition) is 0. The second kappa shape index (κ2) is 6.62. The number of rotatable bonds is 4. The first-order valence-corrected chi connectivity index (χ1v) is 8.16. The maximum atomic E-state index is 12.4. The molecule has 4 rings (SSSR count). The first-order valence-electron chi connectivity index (χ1n) is 8.16. The molecule has 0 atom stereocenters. The van der Waals surface area contributed by atoms with Gasteiger partial charge in [0.25, 0.3) is 0 Å². The van der Waals surface area contributed by atoms with Gasteiger partial charge in [0.15, 0.2) is 5.78 Å². The lowest BCUT2D eigenvalue weighted by Crippen LogP contribution is -2.00. The van der Waals surface area contributed by atoms with Crippen LogP contribution in [0.5, 0.6) is 11.5 Å². The van der Waals surface area contributed by atoms with Crippen LogP contribution in [-0.2, 0) is 0 Å². The fourth-order valence-electron chi connectivity index (χ4n) is 2.80. The van der Waals surface area contributed by atoms with Gasteiger partial charge in [-0.2, -0.15) is 0 Å². The van der Waals surface area contributed by atoms with E-state index in [-0.39, 0.29) is 5.78 Å². The third-order valence-corrected chi connectivity index (χ3v) is 4.11. The molecule has 0 aromatic heterocycles. The molecule has 0 fully saturated rings. The first kappa shape index (κ1) is 15.2. The zero-order valence-electron chi connectivity index (χ0n) is 13.6. The van der Waals surface area contributed by atoms with Crippen molar-refractivity contribution in [1.29, 1.82) is 0 Å². The van der Waals surface area contributed by atoms with Crippen LogP contribution in [-0.4, -0.2) is 5.78 Å². The molecule has 0 saturated heterocycles. The van der Waals surface area contributed by atoms with Crippen molar-refractivity contribution in [2.24, 2.45) is 0 Å². The van der Waals surface area contributed by atoms with Gasteiger partial charge in [-0.1, -0.05) is 60.7 Å². The molecule has 25 heavy (non-hydrogen) atoms. The summed E-state index contributed by atoms with van der Waals surface area (Å²) >= 11 is 0. The maximum absolute atomic E-state index is 12.4. The molecule has 0 spiro atoms. The lowest BCUT2D eigenvalue weighted by Gasteiger charge is -2.08. The number of hydrogen-bond acceptors (Lipinski definition) is 2. The molecule has 2 heteroatoms. The van der Waals surface area contributed by atoms with Gasteiger partial charge in [-0.25, -0.2) is 0 Å². The van der Waals surface area contributed by atoms with Crippen molar-refractivity contribution in [3.8, 4) is 11.5 Å². The minimum Gasteiger partial charge on any atom is -0.457 e. The Bertz CT molecular complexity index is 1020. The zero-order chi connectivity index (χ0) is 17.1. The Hall–Kier alpha value is -3.39. The summed E-state index contributed by atoms with van der Waals surface area (Å²) in [4.78, 5) is 12.4. The number of carbonyl (C=O) groups excluding carboxylic acids is 1. The Labute approximate surface area is 146 Å². The molecular formula is C23H16O2. The largest absolute Gasteiger partial charge is 0.457 e. The molecule has 0 unspecified atom stereocenters. The summed E-state index contributed by atoms with van der Waals surface area (Å²) in [5.41, 5.74) is 1.34. The molecule has 0 N–H and O–H groups in total. The van der Waals surface area contributed by atoms with Crippen molar-refractivity contribution in [2.45, 2.75) is 0 Å². The molecule has 2 nitrogen and oxygen atoms in total. The SMILES string of the molecule is O=C(c1ccccc1)c1ccc(Oc2ccc3ccccc3c2)cc1. The molecule has 4 aromatic rings. The third kappa shape index (κ3) is 3.29. The van der Waals surface area contributed by atoms with Crippen LogP contribution >= 0.6 is 0 Å². The summed E-state index contributed by atoms with van der Waals surface area (Å²) in [6.45, 7) is 0. The summed E-state index contributed by atoms with van der Waals surface area (Å²) in [6, 6.07) is 30.7. The number of fused-ring (bicyclic) bond motifs is 1. The quantitative estimate of drug-likeness (QED) is 0.439. The zero-order valence-corrected chi connectivity index (χ0v) is 13.6. The van der Waals surface area contributed by atoms with E-state index in [1.165, 1.54) is 5.39 Å². The minimum atomic E-state index is 0.0119. The second-order valence-corrected chi connectivity index (χ2v) is 5.83. The van der Waals surface area contributed by atoms with Crippen molar-refractivity contribution in [3.05, 3.63) is 108 Å². The van der Waals surface area contributed by atoms with Crippen LogP contribution in [0.2, 0.25) is 0 Å². The molecule has 0 aliphatic carbocycles. The topological polar surface area (TPSA) is 26.3 Å². The van der Waals surface area contributed by atoms with Gasteiger partial charge in [-0.05, 0) is 47.2 Å². The number of carbonyl (C=O) groups is 1. The van der Waals surface area contributed by atoms with E-state index in [2.05, 4.69) is 12.1 Å². The molecule has 0 amide bonds. The lowest BCUT2D eigenvalue weighted by atomic mass is 10.0. The van der Waals surface area contributed by atoms with Gasteiger partial charge >= 0.3 is 0 Å². The van der Waals surface area contributed by atoms with E-state index in [0.717, 1.165) is 11.1 Å². The minimum absolute atomic E-state index is 0.0119. The first-order chi connectivity index (χ1) is 12.3. The van der Waals surface area contributed by atoms with Crippen molar-refractivity contribution in [2.75, 3.05) is 0 Å². The van der Waals surface area contributed by atoms with Crippen LogP contribution in [0.25, 0.3) is 10.8 Å². The smallest absolute Gasteiger partial charge is 0.193 e. The van der Waals surface area contributed by atoms with Crippen molar-refractivity contribution < 1.29 is 9.53 Å². The van der Waals surface area contributed by atoms with E-state index in [1.54, 1.807) is 12.1 Å². The predicted molar refractivity (Wildman–Crippen MR) is 100 cm³/mol. The monoisotopic (exact) mass is 324 g/mol. The molecular weight excluding hydrogens is 308 g/mol. The lowest BCUT2D eigenvalue weighted by molar-refractivity contribution is 0.103. The maximum Gasteiger partial charge on any atom is 0.193 e. The number of benzene rings is 4. The van der Waals surface area contributed by atoms with Crippen LogP contribution in [0.15, 0.2) is 97.1 Å². The van der Waals surface area contributed by atoms with Crippen LogP contribution in [0.1, 0.15) is 15.9 Å². The molecule has 0 aliphatic rings. The highest BCUT2D eigenvalue weighted by Crippen LogP contribution is 2.26. The van der Waals surface area contributed by atoms with Gasteiger partial charge in [-0.15, -0.1) is 0 Å². The van der Waals surface area contributed by atoms with Crippen molar-refractivity contribution in [3.63, 3.8) is 0 Å². The fourth-order valence-corrected chi connectivity index (χ4v) is 2.80. The van der Waals surface area contributed by atoms with Gasteiger partial charge in [0, 0.05) is 11.1 Å². The Morgan fingerprint density at radius 2 is 1.16 bits per heavy atom. The highest BCUT2D eigenvalue weighted by Gasteiger charge is 2.08. The van der Waals surface area contributed by atoms with Crippen LogP contribution < -0.4 is 4.74 Å². The van der Waals surface area contributed by atoms with Gasteiger partial charge in [0.2, 0.25) is 0 Å². The highest BCUT2D eigenvalue weighted by molar-refractivity contribution is 6.09. The van der Waals surface area contributed by atoms with Crippen LogP contribution in [0, 0.1) is 0 Å². The van der Waals surface area contributed by atoms with Gasteiger partial charge < -0.3 is 4.74 Å². The Morgan fingerprint density at radius 1 is 0.560 bits per heavy atom. The molecule has 0 heterocycles. The van der Waals surface area contributed by atoms with Gasteiger partial charge in [0.05, 0.1) is 0 Å². The molecule has 0 saturated carbocycles. The fraction of sp³-hybridized carbons (Fsp3) is 0. The summed E-state index contributed by atoms with van der Waals surface area (Å²) in [7, 11) is 0. The van der Waals surface area contributed by atoms with E-state index in [1.807, 2.05) is 72.8 Å². The Kier molecular flexibility index (Phi) is 4.01. The van der Waals surface area contributed by atoms with E-state index in [0.29, 0.717) is 16.9 Å². The van der Waals surface area contributed by atoms with E-state index < -0.39 is 0 Å². The Balaban J connectivity index is 1.54. The summed E-state index contributed by atoms with van der Waals surface area (Å²) in [5, 5.41) is 2.31. The van der Waals surface area contributed by atoms with E-state index in [9.17, 15) is 4.79 Å². The standard InChI is InChI=1S/C23H16O2/c24-23(18-7-2-1-3-8-18)19-11-13-21(14-12-19)25-22-15-10-17-6-4-5-9-20(17)16-22/h1-16H. The molecule has 4 aromatic carbocycles. The molecule has 0 radical (unpaired) electrons. The van der Waals surface area contributed by atoms with Crippen molar-refractivity contribution in [1.82, 2.24) is 0 Å². The van der Waals surface area contributed by atoms with E-state index >= 15 is 0 Å². The van der Waals surface area contributed by atoms with Gasteiger partial charge in [-0.3, -0.25) is 4.79 Å². The number of ketones is 1. The average Bonchev–Trinajstić information content (AvgIpc) is 2.69. The molecule has 0 bridgehead atoms. The van der Waals surface area contributed by atoms with E-state index in [4.69, 9.17) is 4.74 Å². The summed E-state index contributed by atoms with van der Waals surface area (Å²) in [6.07, 6.45) is 0. The second-order valence-electron chi connectivity index (χ2n) is 5.83. The van der Waals surface area contributed by atoms with Crippen LogP contribution in [0.3, 0.4) is 0 Å². The molecule has 0 aliphatic heterocycles. The molecule has 120 valence electrons. The normalized spacial score (nSPS) is 10.6. The summed E-state index contributed by atoms with van der Waals surface area (Å²) in [5.74, 6) is 1.50. The van der Waals surface area contributed by atoms with Crippen molar-refractivity contribution >= 4 is 16.6 Å². The third-order valence-electron chi connectivity index (χ3n) is 4.11.